The maximum absolute atomic E-state index is 14.1. The van der Waals surface area contributed by atoms with Crippen molar-refractivity contribution >= 4 is 40.8 Å². The molecule has 0 aromatic heterocycles. The van der Waals surface area contributed by atoms with Gasteiger partial charge in [0.1, 0.15) is 5.82 Å². The number of esters is 1. The number of amides is 2. The summed E-state index contributed by atoms with van der Waals surface area (Å²) in [4.78, 5) is 39.1. The number of hydrogen-bond acceptors (Lipinski definition) is 7. The molecule has 4 rings (SSSR count). The van der Waals surface area contributed by atoms with E-state index in [1.807, 2.05) is 0 Å². The van der Waals surface area contributed by atoms with Crippen LogP contribution in [0.2, 0.25) is 5.02 Å². The van der Waals surface area contributed by atoms with E-state index in [4.69, 9.17) is 11.6 Å². The van der Waals surface area contributed by atoms with Crippen molar-refractivity contribution in [3.8, 4) is 0 Å². The molecule has 2 heterocycles. The van der Waals surface area contributed by atoms with E-state index in [2.05, 4.69) is 15.4 Å². The number of anilines is 2. The first-order chi connectivity index (χ1) is 18.9. The lowest BCUT2D eigenvalue weighted by molar-refractivity contribution is -0.199. The average molecular weight is 587 g/mol. The summed E-state index contributed by atoms with van der Waals surface area (Å²) >= 11 is 5.89. The Bertz CT molecular complexity index is 1240. The molecule has 40 heavy (non-hydrogen) atoms. The summed E-state index contributed by atoms with van der Waals surface area (Å²) in [5, 5.41) is 17.0. The number of nitrogens with zero attached hydrogens (tertiary/aromatic N) is 2. The van der Waals surface area contributed by atoms with Gasteiger partial charge in [-0.15, -0.1) is 0 Å². The Morgan fingerprint density at radius 3 is 2.38 bits per heavy atom. The van der Waals surface area contributed by atoms with Crippen LogP contribution in [0.25, 0.3) is 0 Å². The lowest BCUT2D eigenvalue weighted by atomic mass is 10.0. The summed E-state index contributed by atoms with van der Waals surface area (Å²) in [5.74, 6) is -4.25. The SMILES string of the molecule is O=C(COC(=O)C(F)(F)F)Nc1ccc(F)cc1N1CC(O)C(NC2CCN(C(=O)c3ccc(Cl)cc3)CC2)C1. The topological polar surface area (TPSA) is 111 Å². The molecule has 0 bridgehead atoms. The quantitative estimate of drug-likeness (QED) is 0.338. The van der Waals surface area contributed by atoms with E-state index in [1.165, 1.54) is 6.07 Å². The number of carbonyl (C=O) groups is 3. The number of β-amino-alcohol motifs (C(OH)–C–C–N with tert-alkyl or cyclic N) is 1. The molecular formula is C26H27ClF4N4O5. The molecule has 0 aliphatic carbocycles. The fourth-order valence-electron chi connectivity index (χ4n) is 4.75. The van der Waals surface area contributed by atoms with Gasteiger partial charge in [-0.1, -0.05) is 11.6 Å². The fourth-order valence-corrected chi connectivity index (χ4v) is 4.87. The van der Waals surface area contributed by atoms with Gasteiger partial charge in [0, 0.05) is 42.8 Å². The molecule has 0 spiro atoms. The Kier molecular flexibility index (Phi) is 9.16. The first-order valence-corrected chi connectivity index (χ1v) is 12.9. The van der Waals surface area contributed by atoms with Crippen LogP contribution in [-0.4, -0.2) is 84.9 Å². The van der Waals surface area contributed by atoms with Crippen LogP contribution in [0.1, 0.15) is 23.2 Å². The number of likely N-dealkylation sites (tertiary alicyclic amines) is 1. The molecular weight excluding hydrogens is 560 g/mol. The minimum absolute atomic E-state index is 0.0175. The summed E-state index contributed by atoms with van der Waals surface area (Å²) < 4.78 is 55.0. The average Bonchev–Trinajstić information content (AvgIpc) is 3.27. The molecule has 2 amide bonds. The first-order valence-electron chi connectivity index (χ1n) is 12.5. The highest BCUT2D eigenvalue weighted by Gasteiger charge is 2.41. The van der Waals surface area contributed by atoms with E-state index < -0.39 is 42.6 Å². The lowest BCUT2D eigenvalue weighted by Gasteiger charge is -2.34. The molecule has 216 valence electrons. The van der Waals surface area contributed by atoms with Crippen molar-refractivity contribution in [2.45, 2.75) is 37.2 Å². The number of piperidine rings is 1. The van der Waals surface area contributed by atoms with Gasteiger partial charge in [0.05, 0.1) is 23.5 Å². The van der Waals surface area contributed by atoms with Crippen molar-refractivity contribution in [3.05, 3.63) is 58.9 Å². The van der Waals surface area contributed by atoms with E-state index >= 15 is 0 Å². The van der Waals surface area contributed by atoms with Crippen LogP contribution in [0.3, 0.4) is 0 Å². The maximum atomic E-state index is 14.1. The summed E-state index contributed by atoms with van der Waals surface area (Å²) in [5.41, 5.74) is 0.840. The van der Waals surface area contributed by atoms with Crippen molar-refractivity contribution in [2.24, 2.45) is 0 Å². The number of carbonyl (C=O) groups excluding carboxylic acids is 3. The zero-order chi connectivity index (χ0) is 29.0. The molecule has 2 aromatic rings. The second kappa shape index (κ2) is 12.4. The molecule has 2 atom stereocenters. The van der Waals surface area contributed by atoms with E-state index in [0.717, 1.165) is 12.1 Å². The van der Waals surface area contributed by atoms with E-state index in [9.17, 15) is 37.1 Å². The summed E-state index contributed by atoms with van der Waals surface area (Å²) in [7, 11) is 0. The lowest BCUT2D eigenvalue weighted by Crippen LogP contribution is -2.50. The van der Waals surface area contributed by atoms with Gasteiger partial charge in [-0.05, 0) is 55.3 Å². The minimum atomic E-state index is -5.24. The molecule has 2 unspecified atom stereocenters. The zero-order valence-electron chi connectivity index (χ0n) is 21.1. The van der Waals surface area contributed by atoms with Gasteiger partial charge in [0.15, 0.2) is 6.61 Å². The van der Waals surface area contributed by atoms with Crippen LogP contribution >= 0.6 is 11.6 Å². The van der Waals surface area contributed by atoms with Gasteiger partial charge >= 0.3 is 12.1 Å². The Hall–Kier alpha value is -3.42. The third-order valence-electron chi connectivity index (χ3n) is 6.75. The highest BCUT2D eigenvalue weighted by atomic mass is 35.5. The minimum Gasteiger partial charge on any atom is -0.449 e. The molecule has 0 radical (unpaired) electrons. The summed E-state index contributed by atoms with van der Waals surface area (Å²) in [6, 6.07) is 9.72. The highest BCUT2D eigenvalue weighted by molar-refractivity contribution is 6.30. The Morgan fingerprint density at radius 1 is 1.05 bits per heavy atom. The van der Waals surface area contributed by atoms with E-state index in [1.54, 1.807) is 34.1 Å². The van der Waals surface area contributed by atoms with Crippen LogP contribution in [0.5, 0.6) is 0 Å². The van der Waals surface area contributed by atoms with E-state index in [0.29, 0.717) is 36.5 Å². The van der Waals surface area contributed by atoms with Crippen molar-refractivity contribution < 1.29 is 41.8 Å². The van der Waals surface area contributed by atoms with Gasteiger partial charge in [0.25, 0.3) is 11.8 Å². The van der Waals surface area contributed by atoms with Gasteiger partial charge in [0.2, 0.25) is 0 Å². The van der Waals surface area contributed by atoms with Crippen LogP contribution in [0, 0.1) is 5.82 Å². The van der Waals surface area contributed by atoms with Crippen LogP contribution in [0.15, 0.2) is 42.5 Å². The largest absolute Gasteiger partial charge is 0.490 e. The Labute approximate surface area is 232 Å². The predicted molar refractivity (Wildman–Crippen MR) is 138 cm³/mol. The molecule has 3 N–H and O–H groups in total. The summed E-state index contributed by atoms with van der Waals surface area (Å²) in [6.07, 6.45) is -4.77. The smallest absolute Gasteiger partial charge is 0.449 e. The van der Waals surface area contributed by atoms with Crippen molar-refractivity contribution in [1.82, 2.24) is 10.2 Å². The van der Waals surface area contributed by atoms with Gasteiger partial charge < -0.3 is 30.3 Å². The normalized spacial score (nSPS) is 19.9. The third-order valence-corrected chi connectivity index (χ3v) is 7.00. The third kappa shape index (κ3) is 7.40. The number of aliphatic hydroxyl groups excluding tert-OH is 1. The van der Waals surface area contributed by atoms with Crippen molar-refractivity contribution in [3.63, 3.8) is 0 Å². The molecule has 9 nitrogen and oxygen atoms in total. The van der Waals surface area contributed by atoms with Gasteiger partial charge in [-0.25, -0.2) is 9.18 Å². The zero-order valence-corrected chi connectivity index (χ0v) is 21.8. The van der Waals surface area contributed by atoms with Crippen LogP contribution < -0.4 is 15.5 Å². The second-order valence-corrected chi connectivity index (χ2v) is 10.0. The first kappa shape index (κ1) is 29.6. The molecule has 0 saturated carbocycles. The van der Waals surface area contributed by atoms with Crippen molar-refractivity contribution in [2.75, 3.05) is 43.0 Å². The van der Waals surface area contributed by atoms with Crippen molar-refractivity contribution in [1.29, 1.82) is 0 Å². The molecule has 2 saturated heterocycles. The number of nitrogens with one attached hydrogen (secondary N) is 2. The molecule has 2 fully saturated rings. The summed E-state index contributed by atoms with van der Waals surface area (Å²) in [6.45, 7) is 0.206. The number of hydrogen-bond donors (Lipinski definition) is 3. The standard InChI is InChI=1S/C26H27ClF4N4O5/c27-16-3-1-15(2-4-16)24(38)34-9-7-18(8-10-34)32-20-12-35(13-22(20)36)21-11-17(28)5-6-19(21)33-23(37)14-40-25(39)26(29,30)31/h1-6,11,18,20,22,32,36H,7-10,12-14H2,(H,33,37). The maximum Gasteiger partial charge on any atom is 0.490 e. The predicted octanol–water partition coefficient (Wildman–Crippen LogP) is 2.97. The molecule has 2 aliphatic heterocycles. The number of aliphatic hydroxyl groups is 1. The highest BCUT2D eigenvalue weighted by Crippen LogP contribution is 2.31. The Balaban J connectivity index is 1.32. The Morgan fingerprint density at radius 2 is 1.73 bits per heavy atom. The number of rotatable bonds is 7. The number of benzene rings is 2. The molecule has 2 aromatic carbocycles. The van der Waals surface area contributed by atoms with E-state index in [-0.39, 0.29) is 36.4 Å². The number of halogens is 5. The van der Waals surface area contributed by atoms with Gasteiger partial charge in [-0.2, -0.15) is 13.2 Å². The van der Waals surface area contributed by atoms with Gasteiger partial charge in [-0.3, -0.25) is 9.59 Å². The van der Waals surface area contributed by atoms with Crippen LogP contribution in [0.4, 0.5) is 28.9 Å². The monoisotopic (exact) mass is 586 g/mol. The molecule has 2 aliphatic rings. The fraction of sp³-hybridized carbons (Fsp3) is 0.423. The number of alkyl halides is 3. The second-order valence-electron chi connectivity index (χ2n) is 9.60. The number of ether oxygens (including phenoxy) is 1. The van der Waals surface area contributed by atoms with Crippen LogP contribution in [-0.2, 0) is 14.3 Å². The molecule has 14 heteroatoms.